The van der Waals surface area contributed by atoms with Gasteiger partial charge in [-0.3, -0.25) is 4.99 Å². The van der Waals surface area contributed by atoms with E-state index in [-0.39, 0.29) is 0 Å². The van der Waals surface area contributed by atoms with Crippen LogP contribution in [0.15, 0.2) is 65.7 Å². The lowest BCUT2D eigenvalue weighted by atomic mass is 10.2. The van der Waals surface area contributed by atoms with E-state index in [0.717, 1.165) is 13.1 Å². The van der Waals surface area contributed by atoms with E-state index in [0.29, 0.717) is 0 Å². The molecule has 18 heavy (non-hydrogen) atoms. The fraction of sp³-hybridized carbons (Fsp3) is 0.188. The quantitative estimate of drug-likeness (QED) is 0.576. The van der Waals surface area contributed by atoms with Gasteiger partial charge in [0.1, 0.15) is 0 Å². The number of aliphatic imine (C=N–C) groups is 1. The topological polar surface area (TPSA) is 15.6 Å². The molecular weight excluding hydrogens is 220 g/mol. The average Bonchev–Trinajstić information content (AvgIpc) is 2.41. The molecule has 2 rings (SSSR count). The van der Waals surface area contributed by atoms with Gasteiger partial charge in [0.2, 0.25) is 0 Å². The highest BCUT2D eigenvalue weighted by atomic mass is 15.1. The maximum absolute atomic E-state index is 4.44. The van der Waals surface area contributed by atoms with E-state index in [4.69, 9.17) is 0 Å². The van der Waals surface area contributed by atoms with Gasteiger partial charge in [-0.25, -0.2) is 0 Å². The first kappa shape index (κ1) is 12.4. The van der Waals surface area contributed by atoms with Crippen LogP contribution in [0.25, 0.3) is 0 Å². The molecule has 0 bridgehead atoms. The van der Waals surface area contributed by atoms with Crippen molar-refractivity contribution in [2.75, 3.05) is 7.05 Å². The summed E-state index contributed by atoms with van der Waals surface area (Å²) in [6, 6.07) is 20.7. The first-order chi connectivity index (χ1) is 8.84. The lowest BCUT2D eigenvalue weighted by molar-refractivity contribution is 0.513. The van der Waals surface area contributed by atoms with Crippen molar-refractivity contribution in [2.45, 2.75) is 13.1 Å². The third-order valence-corrected chi connectivity index (χ3v) is 2.67. The lowest BCUT2D eigenvalue weighted by Gasteiger charge is -2.12. The van der Waals surface area contributed by atoms with Crippen LogP contribution in [0.5, 0.6) is 0 Å². The fourth-order valence-electron chi connectivity index (χ4n) is 1.78. The van der Waals surface area contributed by atoms with Crippen LogP contribution < -0.4 is 0 Å². The summed E-state index contributed by atoms with van der Waals surface area (Å²) in [4.78, 5) is 6.53. The van der Waals surface area contributed by atoms with Gasteiger partial charge in [0.25, 0.3) is 0 Å². The molecule has 0 unspecified atom stereocenters. The zero-order valence-electron chi connectivity index (χ0n) is 10.7. The molecule has 0 heterocycles. The molecule has 0 aliphatic heterocycles. The third-order valence-electron chi connectivity index (χ3n) is 2.67. The first-order valence-electron chi connectivity index (χ1n) is 6.12. The van der Waals surface area contributed by atoms with Gasteiger partial charge in [-0.2, -0.15) is 0 Å². The Balaban J connectivity index is 1.82. The molecule has 0 aliphatic carbocycles. The maximum atomic E-state index is 4.44. The van der Waals surface area contributed by atoms with E-state index in [1.165, 1.54) is 11.1 Å². The van der Waals surface area contributed by atoms with Gasteiger partial charge in [-0.05, 0) is 11.1 Å². The van der Waals surface area contributed by atoms with Crippen LogP contribution in [0.3, 0.4) is 0 Å². The minimum atomic E-state index is 0.736. The molecule has 0 radical (unpaired) electrons. The van der Waals surface area contributed by atoms with Crippen LogP contribution in [0.2, 0.25) is 0 Å². The van der Waals surface area contributed by atoms with Crippen LogP contribution >= 0.6 is 0 Å². The standard InChI is InChI=1S/C16H18N2/c1-18(13-16-10-6-3-7-11-16)14-17-12-15-8-4-2-5-9-15/h2-11,14H,12-13H2,1H3/b17-14+. The summed E-state index contributed by atoms with van der Waals surface area (Å²) in [5.74, 6) is 0. The number of rotatable bonds is 5. The summed E-state index contributed by atoms with van der Waals surface area (Å²) in [5.41, 5.74) is 2.54. The summed E-state index contributed by atoms with van der Waals surface area (Å²) < 4.78 is 0. The Kier molecular flexibility index (Phi) is 4.53. The Morgan fingerprint density at radius 2 is 1.44 bits per heavy atom. The molecule has 2 nitrogen and oxygen atoms in total. The van der Waals surface area contributed by atoms with Gasteiger partial charge in [0.15, 0.2) is 0 Å². The van der Waals surface area contributed by atoms with Gasteiger partial charge in [-0.1, -0.05) is 60.7 Å². The van der Waals surface area contributed by atoms with Crippen LogP contribution in [-0.2, 0) is 13.1 Å². The molecule has 0 aromatic heterocycles. The molecule has 0 fully saturated rings. The van der Waals surface area contributed by atoms with Crippen LogP contribution in [0.4, 0.5) is 0 Å². The second kappa shape index (κ2) is 6.60. The predicted octanol–water partition coefficient (Wildman–Crippen LogP) is 3.35. The van der Waals surface area contributed by atoms with E-state index in [2.05, 4.69) is 46.3 Å². The van der Waals surface area contributed by atoms with Crippen molar-refractivity contribution in [2.24, 2.45) is 4.99 Å². The minimum Gasteiger partial charge on any atom is -0.362 e. The van der Waals surface area contributed by atoms with Crippen molar-refractivity contribution in [1.82, 2.24) is 4.90 Å². The Morgan fingerprint density at radius 3 is 2.06 bits per heavy atom. The van der Waals surface area contributed by atoms with E-state index in [1.807, 2.05) is 37.7 Å². The second-order valence-corrected chi connectivity index (χ2v) is 4.34. The van der Waals surface area contributed by atoms with E-state index in [1.54, 1.807) is 0 Å². The fourth-order valence-corrected chi connectivity index (χ4v) is 1.78. The van der Waals surface area contributed by atoms with E-state index >= 15 is 0 Å². The maximum Gasteiger partial charge on any atom is 0.0854 e. The zero-order valence-corrected chi connectivity index (χ0v) is 10.7. The van der Waals surface area contributed by atoms with Crippen molar-refractivity contribution >= 4 is 6.34 Å². The summed E-state index contributed by atoms with van der Waals surface area (Å²) in [7, 11) is 2.04. The van der Waals surface area contributed by atoms with Crippen LogP contribution in [-0.4, -0.2) is 18.3 Å². The number of hydrogen-bond acceptors (Lipinski definition) is 1. The lowest BCUT2D eigenvalue weighted by Crippen LogP contribution is -2.15. The number of benzene rings is 2. The van der Waals surface area contributed by atoms with Crippen molar-refractivity contribution in [3.8, 4) is 0 Å². The number of nitrogens with zero attached hydrogens (tertiary/aromatic N) is 2. The SMILES string of the molecule is CN(/C=N/Cc1ccccc1)Cc1ccccc1. The van der Waals surface area contributed by atoms with Gasteiger partial charge in [0, 0.05) is 13.6 Å². The smallest absolute Gasteiger partial charge is 0.0854 e. The van der Waals surface area contributed by atoms with Gasteiger partial charge in [-0.15, -0.1) is 0 Å². The molecule has 0 amide bonds. The molecule has 0 spiro atoms. The molecule has 0 saturated heterocycles. The van der Waals surface area contributed by atoms with Gasteiger partial charge < -0.3 is 4.90 Å². The Morgan fingerprint density at radius 1 is 0.889 bits per heavy atom. The van der Waals surface area contributed by atoms with Gasteiger partial charge in [0.05, 0.1) is 12.9 Å². The highest BCUT2D eigenvalue weighted by Gasteiger charge is 1.94. The molecule has 2 heteroatoms. The summed E-state index contributed by atoms with van der Waals surface area (Å²) >= 11 is 0. The van der Waals surface area contributed by atoms with Crippen molar-refractivity contribution < 1.29 is 0 Å². The Bertz CT molecular complexity index is 477. The van der Waals surface area contributed by atoms with E-state index < -0.39 is 0 Å². The third kappa shape index (κ3) is 4.06. The average molecular weight is 238 g/mol. The molecule has 2 aromatic carbocycles. The summed E-state index contributed by atoms with van der Waals surface area (Å²) in [5, 5.41) is 0. The van der Waals surface area contributed by atoms with Crippen LogP contribution in [0, 0.1) is 0 Å². The molecule has 0 aliphatic rings. The normalized spacial score (nSPS) is 10.7. The molecule has 0 saturated carbocycles. The Labute approximate surface area is 109 Å². The van der Waals surface area contributed by atoms with Gasteiger partial charge >= 0.3 is 0 Å². The monoisotopic (exact) mass is 238 g/mol. The summed E-state index contributed by atoms with van der Waals surface area (Å²) in [6.07, 6.45) is 1.90. The second-order valence-electron chi connectivity index (χ2n) is 4.34. The van der Waals surface area contributed by atoms with E-state index in [9.17, 15) is 0 Å². The highest BCUT2D eigenvalue weighted by Crippen LogP contribution is 2.02. The van der Waals surface area contributed by atoms with Crippen molar-refractivity contribution in [1.29, 1.82) is 0 Å². The molecule has 2 aromatic rings. The molecule has 0 N–H and O–H groups in total. The number of hydrogen-bond donors (Lipinski definition) is 0. The molecular formula is C16H18N2. The summed E-state index contributed by atoms with van der Waals surface area (Å²) in [6.45, 7) is 1.62. The molecule has 92 valence electrons. The van der Waals surface area contributed by atoms with Crippen molar-refractivity contribution in [3.63, 3.8) is 0 Å². The largest absolute Gasteiger partial charge is 0.362 e. The molecule has 0 atom stereocenters. The zero-order chi connectivity index (χ0) is 12.6. The van der Waals surface area contributed by atoms with Crippen molar-refractivity contribution in [3.05, 3.63) is 71.8 Å². The Hall–Kier alpha value is -2.09. The first-order valence-corrected chi connectivity index (χ1v) is 6.12. The minimum absolute atomic E-state index is 0.736. The highest BCUT2D eigenvalue weighted by molar-refractivity contribution is 5.54. The predicted molar refractivity (Wildman–Crippen MR) is 76.5 cm³/mol. The van der Waals surface area contributed by atoms with Crippen LogP contribution in [0.1, 0.15) is 11.1 Å².